The Morgan fingerprint density at radius 2 is 2.00 bits per heavy atom. The highest BCUT2D eigenvalue weighted by Crippen LogP contribution is 2.40. The molecule has 21 heavy (non-hydrogen) atoms. The van der Waals surface area contributed by atoms with Crippen molar-refractivity contribution in [3.8, 4) is 0 Å². The zero-order chi connectivity index (χ0) is 14.4. The molecule has 1 aromatic heterocycles. The summed E-state index contributed by atoms with van der Waals surface area (Å²) in [6.07, 6.45) is 9.33. The Kier molecular flexibility index (Phi) is 3.34. The second-order valence-electron chi connectivity index (χ2n) is 7.44. The monoisotopic (exact) mass is 289 g/mol. The number of β-amino-alcohol motifs (C(OH)–C–C–N with tert-alkyl or cyclic N) is 1. The van der Waals surface area contributed by atoms with Gasteiger partial charge in [0.05, 0.1) is 11.3 Å². The third-order valence-corrected chi connectivity index (χ3v) is 5.61. The molecule has 0 aromatic carbocycles. The van der Waals surface area contributed by atoms with Gasteiger partial charge in [0.2, 0.25) is 0 Å². The van der Waals surface area contributed by atoms with E-state index >= 15 is 0 Å². The van der Waals surface area contributed by atoms with E-state index in [4.69, 9.17) is 4.98 Å². The van der Waals surface area contributed by atoms with Crippen LogP contribution in [-0.2, 0) is 20.0 Å². The lowest BCUT2D eigenvalue weighted by molar-refractivity contribution is -0.0295. The zero-order valence-corrected chi connectivity index (χ0v) is 13.1. The molecule has 116 valence electrons. The van der Waals surface area contributed by atoms with E-state index in [1.807, 2.05) is 0 Å². The van der Waals surface area contributed by atoms with Crippen molar-refractivity contribution >= 4 is 0 Å². The molecule has 1 N–H and O–H groups in total. The van der Waals surface area contributed by atoms with Crippen molar-refractivity contribution in [3.05, 3.63) is 17.2 Å². The molecule has 2 heterocycles. The van der Waals surface area contributed by atoms with Gasteiger partial charge in [-0.1, -0.05) is 19.3 Å². The lowest BCUT2D eigenvalue weighted by Crippen LogP contribution is -2.46. The van der Waals surface area contributed by atoms with Crippen LogP contribution in [0.3, 0.4) is 0 Å². The van der Waals surface area contributed by atoms with Crippen LogP contribution in [0, 0.1) is 0 Å². The summed E-state index contributed by atoms with van der Waals surface area (Å²) in [7, 11) is 2.18. The Hall–Kier alpha value is -0.870. The standard InChI is InChI=1S/C17H27N3O/c1-19-15-7-10-20(12-17(21)8-3-2-4-9-17)11-14(15)18-16(19)13-5-6-13/h13,21H,2-12H2,1H3. The van der Waals surface area contributed by atoms with Crippen LogP contribution in [0.4, 0.5) is 0 Å². The summed E-state index contributed by atoms with van der Waals surface area (Å²) >= 11 is 0. The quantitative estimate of drug-likeness (QED) is 0.928. The minimum absolute atomic E-state index is 0.441. The summed E-state index contributed by atoms with van der Waals surface area (Å²) in [5.74, 6) is 2.02. The first-order chi connectivity index (χ1) is 10.1. The normalized spacial score (nSPS) is 25.8. The van der Waals surface area contributed by atoms with E-state index in [1.165, 1.54) is 49.3 Å². The topological polar surface area (TPSA) is 41.3 Å². The minimum Gasteiger partial charge on any atom is -0.389 e. The first-order valence-corrected chi connectivity index (χ1v) is 8.64. The largest absolute Gasteiger partial charge is 0.389 e. The molecule has 3 aliphatic rings. The van der Waals surface area contributed by atoms with Gasteiger partial charge >= 0.3 is 0 Å². The van der Waals surface area contributed by atoms with Crippen molar-refractivity contribution < 1.29 is 5.11 Å². The summed E-state index contributed by atoms with van der Waals surface area (Å²) in [5, 5.41) is 10.8. The van der Waals surface area contributed by atoms with Gasteiger partial charge < -0.3 is 9.67 Å². The summed E-state index contributed by atoms with van der Waals surface area (Å²) in [6, 6.07) is 0. The zero-order valence-electron chi connectivity index (χ0n) is 13.1. The number of fused-ring (bicyclic) bond motifs is 1. The van der Waals surface area contributed by atoms with Crippen LogP contribution >= 0.6 is 0 Å². The molecule has 4 nitrogen and oxygen atoms in total. The van der Waals surface area contributed by atoms with E-state index in [1.54, 1.807) is 0 Å². The molecular formula is C17H27N3O. The van der Waals surface area contributed by atoms with Gasteiger partial charge in [-0.3, -0.25) is 4.90 Å². The fraction of sp³-hybridized carbons (Fsp3) is 0.824. The van der Waals surface area contributed by atoms with Crippen LogP contribution in [0.2, 0.25) is 0 Å². The fourth-order valence-corrected chi connectivity index (χ4v) is 4.23. The smallest absolute Gasteiger partial charge is 0.112 e. The molecule has 0 radical (unpaired) electrons. The average Bonchev–Trinajstić information content (AvgIpc) is 3.25. The van der Waals surface area contributed by atoms with Gasteiger partial charge in [0.25, 0.3) is 0 Å². The van der Waals surface area contributed by atoms with Crippen LogP contribution in [-0.4, -0.2) is 38.2 Å². The molecule has 0 saturated heterocycles. The van der Waals surface area contributed by atoms with Gasteiger partial charge in [-0.15, -0.1) is 0 Å². The van der Waals surface area contributed by atoms with E-state index in [-0.39, 0.29) is 0 Å². The molecule has 0 amide bonds. The number of aromatic nitrogens is 2. The van der Waals surface area contributed by atoms with Crippen molar-refractivity contribution in [2.45, 2.75) is 69.4 Å². The molecular weight excluding hydrogens is 262 g/mol. The maximum Gasteiger partial charge on any atom is 0.112 e. The molecule has 4 rings (SSSR count). The highest BCUT2D eigenvalue weighted by Gasteiger charge is 2.35. The molecule has 0 bridgehead atoms. The van der Waals surface area contributed by atoms with Gasteiger partial charge in [-0.05, 0) is 25.7 Å². The fourth-order valence-electron chi connectivity index (χ4n) is 4.23. The van der Waals surface area contributed by atoms with E-state index in [0.717, 1.165) is 44.8 Å². The van der Waals surface area contributed by atoms with Gasteiger partial charge in [-0.25, -0.2) is 4.98 Å². The van der Waals surface area contributed by atoms with Crippen molar-refractivity contribution in [3.63, 3.8) is 0 Å². The lowest BCUT2D eigenvalue weighted by atomic mass is 9.84. The van der Waals surface area contributed by atoms with Crippen LogP contribution in [0.5, 0.6) is 0 Å². The first kappa shape index (κ1) is 13.8. The van der Waals surface area contributed by atoms with Crippen LogP contribution in [0.15, 0.2) is 0 Å². The molecule has 1 aliphatic heterocycles. The Bertz CT molecular complexity index is 526. The first-order valence-electron chi connectivity index (χ1n) is 8.64. The highest BCUT2D eigenvalue weighted by atomic mass is 16.3. The summed E-state index contributed by atoms with van der Waals surface area (Å²) in [5.41, 5.74) is 2.26. The average molecular weight is 289 g/mol. The van der Waals surface area contributed by atoms with Crippen LogP contribution in [0.25, 0.3) is 0 Å². The molecule has 2 aliphatic carbocycles. The molecule has 4 heteroatoms. The summed E-state index contributed by atoms with van der Waals surface area (Å²) in [4.78, 5) is 7.35. The third kappa shape index (κ3) is 2.64. The second-order valence-corrected chi connectivity index (χ2v) is 7.44. The van der Waals surface area contributed by atoms with E-state index in [2.05, 4.69) is 16.5 Å². The Morgan fingerprint density at radius 3 is 2.71 bits per heavy atom. The SMILES string of the molecule is Cn1c(C2CC2)nc2c1CCN(CC1(O)CCCCC1)C2. The second kappa shape index (κ2) is 5.10. The minimum atomic E-state index is -0.441. The molecule has 0 unspecified atom stereocenters. The van der Waals surface area contributed by atoms with Crippen molar-refractivity contribution in [1.29, 1.82) is 0 Å². The predicted molar refractivity (Wildman–Crippen MR) is 82.2 cm³/mol. The number of hydrogen-bond acceptors (Lipinski definition) is 3. The number of aliphatic hydroxyl groups is 1. The molecule has 1 aromatic rings. The van der Waals surface area contributed by atoms with Crippen molar-refractivity contribution in [1.82, 2.24) is 14.5 Å². The molecule has 2 saturated carbocycles. The predicted octanol–water partition coefficient (Wildman–Crippen LogP) is 2.35. The van der Waals surface area contributed by atoms with Crippen molar-refractivity contribution in [2.75, 3.05) is 13.1 Å². The molecule has 0 spiro atoms. The van der Waals surface area contributed by atoms with Gasteiger partial charge in [0.15, 0.2) is 0 Å². The maximum absolute atomic E-state index is 10.8. The van der Waals surface area contributed by atoms with E-state index in [9.17, 15) is 5.11 Å². The Morgan fingerprint density at radius 1 is 1.24 bits per heavy atom. The number of rotatable bonds is 3. The maximum atomic E-state index is 10.8. The van der Waals surface area contributed by atoms with Gasteiger partial charge in [0.1, 0.15) is 5.82 Å². The van der Waals surface area contributed by atoms with Crippen molar-refractivity contribution in [2.24, 2.45) is 7.05 Å². The summed E-state index contributed by atoms with van der Waals surface area (Å²) in [6.45, 7) is 2.83. The molecule has 2 fully saturated rings. The number of imidazole rings is 1. The van der Waals surface area contributed by atoms with Crippen LogP contribution in [0.1, 0.15) is 68.1 Å². The Balaban J connectivity index is 1.47. The van der Waals surface area contributed by atoms with E-state index < -0.39 is 5.60 Å². The summed E-state index contributed by atoms with van der Waals surface area (Å²) < 4.78 is 2.35. The number of hydrogen-bond donors (Lipinski definition) is 1. The van der Waals surface area contributed by atoms with Gasteiger partial charge in [0, 0.05) is 44.7 Å². The Labute approximate surface area is 127 Å². The lowest BCUT2D eigenvalue weighted by Gasteiger charge is -2.38. The van der Waals surface area contributed by atoms with Gasteiger partial charge in [-0.2, -0.15) is 0 Å². The van der Waals surface area contributed by atoms with Crippen LogP contribution < -0.4 is 0 Å². The van der Waals surface area contributed by atoms with E-state index in [0.29, 0.717) is 0 Å². The highest BCUT2D eigenvalue weighted by molar-refractivity contribution is 5.23. The molecule has 0 atom stereocenters. The third-order valence-electron chi connectivity index (χ3n) is 5.61. The number of nitrogens with zero attached hydrogens (tertiary/aromatic N) is 3.